The van der Waals surface area contributed by atoms with E-state index in [0.717, 1.165) is 19.8 Å². The summed E-state index contributed by atoms with van der Waals surface area (Å²) in [5, 5.41) is 6.79. The second kappa shape index (κ2) is 7.56. The Labute approximate surface area is 129 Å². The highest BCUT2D eigenvalue weighted by Gasteiger charge is 2.05. The molecule has 0 atom stereocenters. The number of hydrogen-bond acceptors (Lipinski definition) is 5. The molecule has 0 fully saturated rings. The van der Waals surface area contributed by atoms with Crippen molar-refractivity contribution in [3.63, 3.8) is 0 Å². The van der Waals surface area contributed by atoms with E-state index in [1.165, 1.54) is 0 Å². The van der Waals surface area contributed by atoms with E-state index < -0.39 is 0 Å². The molecular weight excluding hydrogens is 342 g/mol. The molecule has 1 aromatic heterocycles. The van der Waals surface area contributed by atoms with E-state index in [2.05, 4.69) is 31.5 Å². The average molecular weight is 358 g/mol. The van der Waals surface area contributed by atoms with Crippen molar-refractivity contribution in [2.75, 3.05) is 32.1 Å². The van der Waals surface area contributed by atoms with E-state index in [4.69, 9.17) is 4.74 Å². The Morgan fingerprint density at radius 3 is 3.10 bits per heavy atom. The molecule has 2 aromatic rings. The second-order valence-electron chi connectivity index (χ2n) is 4.15. The molecule has 0 unspecified atom stereocenters. The first kappa shape index (κ1) is 15.2. The summed E-state index contributed by atoms with van der Waals surface area (Å²) in [6.45, 7) is 1.65. The molecule has 0 bridgehead atoms. The van der Waals surface area contributed by atoms with Crippen LogP contribution in [0.1, 0.15) is 6.42 Å². The molecule has 2 rings (SSSR count). The molecule has 1 amide bonds. The molecule has 108 valence electrons. The molecule has 2 N–H and O–H groups in total. The Kier molecular flexibility index (Phi) is 5.75. The summed E-state index contributed by atoms with van der Waals surface area (Å²) in [5.41, 5.74) is 0.955. The van der Waals surface area contributed by atoms with Crippen molar-refractivity contribution in [1.82, 2.24) is 10.3 Å². The van der Waals surface area contributed by atoms with Gasteiger partial charge >= 0.3 is 0 Å². The van der Waals surface area contributed by atoms with Crippen LogP contribution in [0.3, 0.4) is 0 Å². The first-order valence-electron chi connectivity index (χ1n) is 6.24. The van der Waals surface area contributed by atoms with Gasteiger partial charge in [-0.15, -0.1) is 0 Å². The molecular formula is C13H16BrN3O2S. The summed E-state index contributed by atoms with van der Waals surface area (Å²) in [6.07, 6.45) is 0.420. The maximum absolute atomic E-state index is 11.5. The quantitative estimate of drug-likeness (QED) is 0.747. The third-order valence-electron chi connectivity index (χ3n) is 2.61. The molecule has 0 aliphatic carbocycles. The summed E-state index contributed by atoms with van der Waals surface area (Å²) in [6, 6.07) is 6.00. The van der Waals surface area contributed by atoms with Gasteiger partial charge in [0.25, 0.3) is 0 Å². The lowest BCUT2D eigenvalue weighted by Gasteiger charge is -2.04. The van der Waals surface area contributed by atoms with Crippen LogP contribution in [0.4, 0.5) is 5.13 Å². The van der Waals surface area contributed by atoms with Crippen LogP contribution in [0, 0.1) is 0 Å². The van der Waals surface area contributed by atoms with Crippen molar-refractivity contribution >= 4 is 48.5 Å². The fourth-order valence-corrected chi connectivity index (χ4v) is 2.86. The van der Waals surface area contributed by atoms with Gasteiger partial charge in [-0.05, 0) is 18.2 Å². The maximum atomic E-state index is 11.5. The molecule has 5 nitrogen and oxygen atoms in total. The highest BCUT2D eigenvalue weighted by Crippen LogP contribution is 2.27. The first-order valence-corrected chi connectivity index (χ1v) is 7.85. The van der Waals surface area contributed by atoms with Gasteiger partial charge in [-0.1, -0.05) is 27.3 Å². The molecule has 0 saturated carbocycles. The van der Waals surface area contributed by atoms with Crippen molar-refractivity contribution in [2.45, 2.75) is 6.42 Å². The molecule has 0 saturated heterocycles. The van der Waals surface area contributed by atoms with Crippen LogP contribution < -0.4 is 10.6 Å². The van der Waals surface area contributed by atoms with E-state index in [-0.39, 0.29) is 5.91 Å². The van der Waals surface area contributed by atoms with Crippen LogP contribution in [-0.4, -0.2) is 37.7 Å². The Morgan fingerprint density at radius 1 is 1.45 bits per heavy atom. The Hall–Kier alpha value is -1.18. The number of amides is 1. The summed E-state index contributed by atoms with van der Waals surface area (Å²) in [5.74, 6) is 0.0124. The number of fused-ring (bicyclic) bond motifs is 1. The van der Waals surface area contributed by atoms with Gasteiger partial charge in [0.15, 0.2) is 5.13 Å². The lowest BCUT2D eigenvalue weighted by Crippen LogP contribution is -2.28. The van der Waals surface area contributed by atoms with Crippen molar-refractivity contribution in [3.05, 3.63) is 22.7 Å². The van der Waals surface area contributed by atoms with Crippen molar-refractivity contribution in [1.29, 1.82) is 0 Å². The number of benzene rings is 1. The van der Waals surface area contributed by atoms with Crippen molar-refractivity contribution in [2.24, 2.45) is 0 Å². The topological polar surface area (TPSA) is 63.2 Å². The zero-order valence-corrected chi connectivity index (χ0v) is 13.5. The van der Waals surface area contributed by atoms with E-state index >= 15 is 0 Å². The monoisotopic (exact) mass is 357 g/mol. The number of anilines is 1. The molecule has 1 heterocycles. The van der Waals surface area contributed by atoms with Gasteiger partial charge in [-0.3, -0.25) is 4.79 Å². The standard InChI is InChI=1S/C13H16BrN3O2S/c1-19-7-6-15-12(18)4-5-16-13-17-10-8-9(14)2-3-11(10)20-13/h2-3,8H,4-7H2,1H3,(H,15,18)(H,16,17). The maximum Gasteiger partial charge on any atom is 0.221 e. The van der Waals surface area contributed by atoms with E-state index in [1.54, 1.807) is 18.4 Å². The number of aromatic nitrogens is 1. The van der Waals surface area contributed by atoms with Crippen molar-refractivity contribution in [3.8, 4) is 0 Å². The highest BCUT2D eigenvalue weighted by atomic mass is 79.9. The minimum Gasteiger partial charge on any atom is -0.383 e. The van der Waals surface area contributed by atoms with E-state index in [9.17, 15) is 4.79 Å². The third kappa shape index (κ3) is 4.43. The molecule has 0 aliphatic rings. The first-order chi connectivity index (χ1) is 9.69. The molecule has 1 aromatic carbocycles. The van der Waals surface area contributed by atoms with Gasteiger partial charge in [0.05, 0.1) is 16.8 Å². The average Bonchev–Trinajstić information content (AvgIpc) is 2.81. The largest absolute Gasteiger partial charge is 0.383 e. The minimum atomic E-state index is 0.0124. The number of nitrogens with zero attached hydrogens (tertiary/aromatic N) is 1. The number of hydrogen-bond donors (Lipinski definition) is 2. The Morgan fingerprint density at radius 2 is 2.30 bits per heavy atom. The normalized spacial score (nSPS) is 10.7. The number of rotatable bonds is 7. The molecule has 7 heteroatoms. The number of thiazole rings is 1. The smallest absolute Gasteiger partial charge is 0.221 e. The van der Waals surface area contributed by atoms with Crippen molar-refractivity contribution < 1.29 is 9.53 Å². The predicted molar refractivity (Wildman–Crippen MR) is 85.3 cm³/mol. The van der Waals surface area contributed by atoms with Crippen LogP contribution in [-0.2, 0) is 9.53 Å². The van der Waals surface area contributed by atoms with Gasteiger partial charge in [0, 0.05) is 31.1 Å². The van der Waals surface area contributed by atoms with Crippen LogP contribution in [0.15, 0.2) is 22.7 Å². The van der Waals surface area contributed by atoms with Gasteiger partial charge < -0.3 is 15.4 Å². The predicted octanol–water partition coefficient (Wildman–Crippen LogP) is 2.62. The van der Waals surface area contributed by atoms with Crippen LogP contribution in [0.2, 0.25) is 0 Å². The zero-order valence-electron chi connectivity index (χ0n) is 11.1. The molecule has 0 aliphatic heterocycles. The fourth-order valence-electron chi connectivity index (χ4n) is 1.64. The van der Waals surface area contributed by atoms with Gasteiger partial charge in [0.1, 0.15) is 0 Å². The van der Waals surface area contributed by atoms with Gasteiger partial charge in [-0.2, -0.15) is 0 Å². The number of carbonyl (C=O) groups excluding carboxylic acids is 1. The van der Waals surface area contributed by atoms with E-state index in [1.807, 2.05) is 18.2 Å². The van der Waals surface area contributed by atoms with Crippen LogP contribution in [0.25, 0.3) is 10.2 Å². The number of nitrogens with one attached hydrogen (secondary N) is 2. The fraction of sp³-hybridized carbons (Fsp3) is 0.385. The number of halogens is 1. The summed E-state index contributed by atoms with van der Waals surface area (Å²) in [7, 11) is 1.61. The molecule has 0 radical (unpaired) electrons. The number of carbonyl (C=O) groups is 1. The van der Waals surface area contributed by atoms with Gasteiger partial charge in [0.2, 0.25) is 5.91 Å². The summed E-state index contributed by atoms with van der Waals surface area (Å²) < 4.78 is 7.01. The number of methoxy groups -OCH3 is 1. The van der Waals surface area contributed by atoms with Crippen LogP contribution >= 0.6 is 27.3 Å². The summed E-state index contributed by atoms with van der Waals surface area (Å²) >= 11 is 5.01. The highest BCUT2D eigenvalue weighted by molar-refractivity contribution is 9.10. The van der Waals surface area contributed by atoms with Gasteiger partial charge in [-0.25, -0.2) is 4.98 Å². The number of ether oxygens (including phenoxy) is 1. The SMILES string of the molecule is COCCNC(=O)CCNc1nc2cc(Br)ccc2s1. The Bertz CT molecular complexity index is 588. The lowest BCUT2D eigenvalue weighted by atomic mass is 10.3. The third-order valence-corrected chi connectivity index (χ3v) is 4.09. The summed E-state index contributed by atoms with van der Waals surface area (Å²) in [4.78, 5) is 16.0. The Balaban J connectivity index is 1.79. The lowest BCUT2D eigenvalue weighted by molar-refractivity contribution is -0.121. The molecule has 0 spiro atoms. The second-order valence-corrected chi connectivity index (χ2v) is 6.10. The minimum absolute atomic E-state index is 0.0124. The molecule has 20 heavy (non-hydrogen) atoms. The van der Waals surface area contributed by atoms with E-state index in [0.29, 0.717) is 26.1 Å². The zero-order chi connectivity index (χ0) is 14.4. The van der Waals surface area contributed by atoms with Crippen LogP contribution in [0.5, 0.6) is 0 Å².